The van der Waals surface area contributed by atoms with Gasteiger partial charge in [-0.1, -0.05) is 30.3 Å². The number of anilines is 1. The van der Waals surface area contributed by atoms with Crippen molar-refractivity contribution < 1.29 is 22.7 Å². The van der Waals surface area contributed by atoms with E-state index in [2.05, 4.69) is 26.2 Å². The van der Waals surface area contributed by atoms with Crippen LogP contribution < -0.4 is 10.1 Å². The van der Waals surface area contributed by atoms with E-state index < -0.39 is 6.36 Å². The van der Waals surface area contributed by atoms with E-state index in [-0.39, 0.29) is 11.7 Å². The zero-order valence-corrected chi connectivity index (χ0v) is 21.5. The third kappa shape index (κ3) is 7.24. The first kappa shape index (κ1) is 26.5. The molecule has 1 aliphatic heterocycles. The monoisotopic (exact) mass is 535 g/mol. The van der Waals surface area contributed by atoms with Gasteiger partial charge in [0.1, 0.15) is 11.4 Å². The molecular formula is C26H28F3N3O2S2. The highest BCUT2D eigenvalue weighted by Crippen LogP contribution is 2.33. The van der Waals surface area contributed by atoms with E-state index in [0.29, 0.717) is 28.4 Å². The lowest BCUT2D eigenvalue weighted by Gasteiger charge is -2.30. The predicted molar refractivity (Wildman–Crippen MR) is 140 cm³/mol. The van der Waals surface area contributed by atoms with Crippen LogP contribution in [0.4, 0.5) is 18.9 Å². The maximum absolute atomic E-state index is 13.0. The molecule has 4 rings (SSSR count). The highest BCUT2D eigenvalue weighted by atomic mass is 32.2. The number of amides is 1. The van der Waals surface area contributed by atoms with Crippen molar-refractivity contribution in [2.24, 2.45) is 0 Å². The molecule has 1 amide bonds. The van der Waals surface area contributed by atoms with Gasteiger partial charge < -0.3 is 15.0 Å². The minimum Gasteiger partial charge on any atom is -0.406 e. The van der Waals surface area contributed by atoms with Gasteiger partial charge in [-0.3, -0.25) is 4.79 Å². The Morgan fingerprint density at radius 2 is 1.89 bits per heavy atom. The number of ether oxygens (including phenoxy) is 1. The van der Waals surface area contributed by atoms with Gasteiger partial charge in [0.15, 0.2) is 0 Å². The minimum absolute atomic E-state index is 0.298. The summed E-state index contributed by atoms with van der Waals surface area (Å²) in [6, 6.07) is 12.7. The number of nitrogens with one attached hydrogen (secondary N) is 1. The van der Waals surface area contributed by atoms with Gasteiger partial charge in [-0.15, -0.1) is 24.5 Å². The molecule has 0 aliphatic carbocycles. The second kappa shape index (κ2) is 12.1. The van der Waals surface area contributed by atoms with Crippen LogP contribution in [0.2, 0.25) is 0 Å². The van der Waals surface area contributed by atoms with Crippen LogP contribution in [0.1, 0.15) is 40.7 Å². The number of thioether (sulfide) groups is 1. The second-order valence-corrected chi connectivity index (χ2v) is 10.5. The molecule has 0 radical (unpaired) electrons. The molecule has 1 N–H and O–H groups in total. The van der Waals surface area contributed by atoms with Crippen molar-refractivity contribution >= 4 is 34.7 Å². The lowest BCUT2D eigenvalue weighted by molar-refractivity contribution is -0.274. The summed E-state index contributed by atoms with van der Waals surface area (Å²) in [5.41, 5.74) is 2.28. The van der Waals surface area contributed by atoms with E-state index in [1.165, 1.54) is 47.8 Å². The number of piperidine rings is 1. The molecule has 5 nitrogen and oxygen atoms in total. The summed E-state index contributed by atoms with van der Waals surface area (Å²) in [4.78, 5) is 20.1. The zero-order chi connectivity index (χ0) is 25.5. The molecule has 1 saturated heterocycles. The van der Waals surface area contributed by atoms with Gasteiger partial charge in [0.25, 0.3) is 5.91 Å². The second-order valence-electron chi connectivity index (χ2n) is 8.61. The number of thiazole rings is 1. The Kier molecular flexibility index (Phi) is 8.92. The number of aromatic nitrogens is 1. The minimum atomic E-state index is -4.75. The summed E-state index contributed by atoms with van der Waals surface area (Å²) < 4.78 is 41.3. The van der Waals surface area contributed by atoms with E-state index in [9.17, 15) is 18.0 Å². The van der Waals surface area contributed by atoms with E-state index in [1.807, 2.05) is 11.8 Å². The lowest BCUT2D eigenvalue weighted by atomic mass is 9.97. The number of para-hydroxylation sites is 1. The van der Waals surface area contributed by atoms with E-state index in [4.69, 9.17) is 0 Å². The largest absolute Gasteiger partial charge is 0.573 e. The Labute approximate surface area is 217 Å². The average Bonchev–Trinajstić information content (AvgIpc) is 3.35. The van der Waals surface area contributed by atoms with Crippen LogP contribution in [0.3, 0.4) is 0 Å². The summed E-state index contributed by atoms with van der Waals surface area (Å²) in [7, 11) is 0. The van der Waals surface area contributed by atoms with Crippen LogP contribution in [0, 0.1) is 0 Å². The predicted octanol–water partition coefficient (Wildman–Crippen LogP) is 6.89. The molecule has 1 aromatic heterocycles. The molecule has 192 valence electrons. The highest BCUT2D eigenvalue weighted by Gasteiger charge is 2.31. The first-order valence-corrected chi connectivity index (χ1v) is 14.0. The maximum atomic E-state index is 13.0. The molecule has 3 aromatic rings. The molecule has 2 heterocycles. The van der Waals surface area contributed by atoms with Crippen LogP contribution in [-0.4, -0.2) is 53.8 Å². The van der Waals surface area contributed by atoms with Crippen LogP contribution in [0.15, 0.2) is 53.9 Å². The molecule has 0 atom stereocenters. The Morgan fingerprint density at radius 3 is 2.58 bits per heavy atom. The Hall–Kier alpha value is -2.56. The molecule has 1 aliphatic rings. The van der Waals surface area contributed by atoms with Gasteiger partial charge >= 0.3 is 6.36 Å². The number of halogens is 3. The molecule has 1 fully saturated rings. The average molecular weight is 536 g/mol. The summed E-state index contributed by atoms with van der Waals surface area (Å²) in [5, 5.41) is 5.70. The Morgan fingerprint density at radius 1 is 1.17 bits per heavy atom. The molecule has 36 heavy (non-hydrogen) atoms. The molecule has 0 unspecified atom stereocenters. The third-order valence-electron chi connectivity index (χ3n) is 6.09. The smallest absolute Gasteiger partial charge is 0.406 e. The van der Waals surface area contributed by atoms with Gasteiger partial charge in [-0.25, -0.2) is 4.98 Å². The number of hydrogen-bond donors (Lipinski definition) is 1. The van der Waals surface area contributed by atoms with Crippen molar-refractivity contribution in [2.45, 2.75) is 31.5 Å². The van der Waals surface area contributed by atoms with E-state index in [0.717, 1.165) is 37.5 Å². The summed E-state index contributed by atoms with van der Waals surface area (Å²) in [6.45, 7) is 3.25. The van der Waals surface area contributed by atoms with Crippen molar-refractivity contribution in [2.75, 3.05) is 37.0 Å². The zero-order valence-electron chi connectivity index (χ0n) is 19.9. The number of likely N-dealkylation sites (tertiary alicyclic amines) is 1. The first-order chi connectivity index (χ1) is 17.3. The van der Waals surface area contributed by atoms with Crippen molar-refractivity contribution in [1.29, 1.82) is 0 Å². The normalized spacial score (nSPS) is 15.1. The van der Waals surface area contributed by atoms with Gasteiger partial charge in [0.2, 0.25) is 0 Å². The molecule has 10 heteroatoms. The number of carbonyl (C=O) groups excluding carboxylic acids is 1. The number of carbonyl (C=O) groups is 1. The third-order valence-corrected chi connectivity index (χ3v) is 7.79. The van der Waals surface area contributed by atoms with Crippen LogP contribution in [0.5, 0.6) is 5.75 Å². The summed E-state index contributed by atoms with van der Waals surface area (Å²) in [6.07, 6.45) is 0.690. The van der Waals surface area contributed by atoms with Gasteiger partial charge in [-0.2, -0.15) is 11.8 Å². The number of alkyl halides is 3. The quantitative estimate of drug-likeness (QED) is 0.302. The molecule has 0 bridgehead atoms. The fraction of sp³-hybridized carbons (Fsp3) is 0.385. The summed E-state index contributed by atoms with van der Waals surface area (Å²) in [5.74, 6) is 0.953. The standard InChI is InChI=1S/C26H28F3N3O2S2/c1-35-16-4-13-32-14-11-19(12-15-32)25-31-23(17-36-25)24(33)30-22-6-3-2-5-21(22)18-7-9-20(10-8-18)34-26(27,28)29/h2-3,5-10,17,19H,4,11-16H2,1H3,(H,30,33). The fourth-order valence-electron chi connectivity index (χ4n) is 4.28. The number of rotatable bonds is 9. The lowest BCUT2D eigenvalue weighted by Crippen LogP contribution is -2.33. The Bertz CT molecular complexity index is 1140. The number of benzene rings is 2. The molecular weight excluding hydrogens is 507 g/mol. The van der Waals surface area contributed by atoms with E-state index in [1.54, 1.807) is 29.6 Å². The van der Waals surface area contributed by atoms with Gasteiger partial charge in [0.05, 0.1) is 5.01 Å². The van der Waals surface area contributed by atoms with Crippen molar-refractivity contribution in [3.63, 3.8) is 0 Å². The maximum Gasteiger partial charge on any atom is 0.573 e. The molecule has 0 saturated carbocycles. The fourth-order valence-corrected chi connectivity index (χ4v) is 5.67. The van der Waals surface area contributed by atoms with Gasteiger partial charge in [-0.05, 0) is 74.7 Å². The molecule has 0 spiro atoms. The highest BCUT2D eigenvalue weighted by molar-refractivity contribution is 7.98. The molecule has 2 aromatic carbocycles. The van der Waals surface area contributed by atoms with Crippen LogP contribution >= 0.6 is 23.1 Å². The van der Waals surface area contributed by atoms with Crippen molar-refractivity contribution in [3.05, 3.63) is 64.6 Å². The SMILES string of the molecule is CSCCCN1CCC(c2nc(C(=O)Nc3ccccc3-c3ccc(OC(F)(F)F)cc3)cs2)CC1. The first-order valence-electron chi connectivity index (χ1n) is 11.8. The summed E-state index contributed by atoms with van der Waals surface area (Å²) >= 11 is 3.40. The number of nitrogens with zero attached hydrogens (tertiary/aromatic N) is 2. The van der Waals surface area contributed by atoms with Crippen molar-refractivity contribution in [3.8, 4) is 16.9 Å². The van der Waals surface area contributed by atoms with Gasteiger partial charge in [0, 0.05) is 22.5 Å². The van der Waals surface area contributed by atoms with E-state index >= 15 is 0 Å². The van der Waals surface area contributed by atoms with Crippen molar-refractivity contribution in [1.82, 2.24) is 9.88 Å². The van der Waals surface area contributed by atoms with Crippen LogP contribution in [-0.2, 0) is 0 Å². The topological polar surface area (TPSA) is 54.5 Å². The Balaban J connectivity index is 1.39. The van der Waals surface area contributed by atoms with Crippen LogP contribution in [0.25, 0.3) is 11.1 Å². The number of hydrogen-bond acceptors (Lipinski definition) is 6.